The first-order valence-electron chi connectivity index (χ1n) is 9.06. The first-order chi connectivity index (χ1) is 13.8. The van der Waals surface area contributed by atoms with Crippen molar-refractivity contribution >= 4 is 44.5 Å². The van der Waals surface area contributed by atoms with Crippen molar-refractivity contribution in [3.05, 3.63) is 40.6 Å². The van der Waals surface area contributed by atoms with E-state index < -0.39 is 10.0 Å². The van der Waals surface area contributed by atoms with Gasteiger partial charge in [0.25, 0.3) is 5.91 Å². The molecule has 2 amide bonds. The van der Waals surface area contributed by atoms with E-state index in [4.69, 9.17) is 4.74 Å². The number of thiophene rings is 1. The molecule has 156 valence electrons. The second kappa shape index (κ2) is 8.83. The monoisotopic (exact) mass is 437 g/mol. The lowest BCUT2D eigenvalue weighted by atomic mass is 9.97. The largest absolute Gasteiger partial charge is 0.495 e. The number of sulfonamides is 1. The Morgan fingerprint density at radius 1 is 1.28 bits per heavy atom. The molecule has 1 aliphatic rings. The van der Waals surface area contributed by atoms with Crippen LogP contribution in [0.25, 0.3) is 0 Å². The number of likely N-dealkylation sites (tertiary alicyclic amines) is 1. The van der Waals surface area contributed by atoms with Crippen LogP contribution in [0.3, 0.4) is 0 Å². The predicted octanol–water partition coefficient (Wildman–Crippen LogP) is 2.62. The lowest BCUT2D eigenvalue weighted by molar-refractivity contribution is -0.121. The third-order valence-electron chi connectivity index (χ3n) is 4.57. The van der Waals surface area contributed by atoms with Crippen molar-refractivity contribution in [1.29, 1.82) is 0 Å². The molecule has 0 bridgehead atoms. The molecule has 1 saturated heterocycles. The zero-order chi connectivity index (χ0) is 21.0. The van der Waals surface area contributed by atoms with E-state index in [0.717, 1.165) is 12.7 Å². The summed E-state index contributed by atoms with van der Waals surface area (Å²) < 4.78 is 30.6. The van der Waals surface area contributed by atoms with E-state index in [2.05, 4.69) is 10.0 Å². The van der Waals surface area contributed by atoms with Crippen LogP contribution in [-0.4, -0.2) is 51.6 Å². The lowest BCUT2D eigenvalue weighted by Crippen LogP contribution is -2.43. The van der Waals surface area contributed by atoms with E-state index in [0.29, 0.717) is 35.8 Å². The summed E-state index contributed by atoms with van der Waals surface area (Å²) in [7, 11) is -2.07. The number of nitrogens with zero attached hydrogens (tertiary/aromatic N) is 1. The molecule has 0 aliphatic carbocycles. The predicted molar refractivity (Wildman–Crippen MR) is 113 cm³/mol. The van der Waals surface area contributed by atoms with Crippen LogP contribution >= 0.6 is 11.3 Å². The van der Waals surface area contributed by atoms with Crippen molar-refractivity contribution in [2.75, 3.05) is 36.5 Å². The number of nitrogens with one attached hydrogen (secondary N) is 2. The Labute approximate surface area is 173 Å². The number of methoxy groups -OCH3 is 1. The minimum Gasteiger partial charge on any atom is -0.495 e. The molecule has 0 saturated carbocycles. The normalized spacial score (nSPS) is 16.9. The summed E-state index contributed by atoms with van der Waals surface area (Å²) in [4.78, 5) is 27.7. The summed E-state index contributed by atoms with van der Waals surface area (Å²) in [6.45, 7) is 0.985. The van der Waals surface area contributed by atoms with Crippen LogP contribution in [-0.2, 0) is 14.8 Å². The zero-order valence-electron chi connectivity index (χ0n) is 16.2. The first-order valence-corrected chi connectivity index (χ1v) is 11.8. The van der Waals surface area contributed by atoms with E-state index in [-0.39, 0.29) is 23.4 Å². The fraction of sp³-hybridized carbons (Fsp3) is 0.368. The second-order valence-electron chi connectivity index (χ2n) is 6.85. The summed E-state index contributed by atoms with van der Waals surface area (Å²) in [5.74, 6) is -0.245. The summed E-state index contributed by atoms with van der Waals surface area (Å²) >= 11 is 1.39. The average molecular weight is 438 g/mol. The highest BCUT2D eigenvalue weighted by Gasteiger charge is 2.29. The number of carbonyl (C=O) groups excluding carboxylic acids is 2. The van der Waals surface area contributed by atoms with Crippen LogP contribution in [0.2, 0.25) is 0 Å². The van der Waals surface area contributed by atoms with Crippen molar-refractivity contribution in [3.8, 4) is 5.75 Å². The van der Waals surface area contributed by atoms with Gasteiger partial charge < -0.3 is 15.0 Å². The number of anilines is 2. The van der Waals surface area contributed by atoms with Crippen LogP contribution in [0, 0.1) is 5.92 Å². The van der Waals surface area contributed by atoms with Gasteiger partial charge in [0.15, 0.2) is 0 Å². The van der Waals surface area contributed by atoms with Crippen molar-refractivity contribution in [3.63, 3.8) is 0 Å². The van der Waals surface area contributed by atoms with Crippen LogP contribution in [0.15, 0.2) is 35.7 Å². The van der Waals surface area contributed by atoms with Crippen LogP contribution < -0.4 is 14.8 Å². The molecule has 0 spiro atoms. The van der Waals surface area contributed by atoms with Crippen molar-refractivity contribution in [2.24, 2.45) is 5.92 Å². The number of piperidine rings is 1. The molecule has 2 N–H and O–H groups in total. The minimum absolute atomic E-state index is 0.0541. The molecular formula is C19H23N3O5S2. The van der Waals surface area contributed by atoms with Gasteiger partial charge in [-0.3, -0.25) is 14.3 Å². The Balaban J connectivity index is 1.69. The molecule has 0 radical (unpaired) electrons. The topological polar surface area (TPSA) is 105 Å². The van der Waals surface area contributed by atoms with Crippen molar-refractivity contribution < 1.29 is 22.7 Å². The van der Waals surface area contributed by atoms with Gasteiger partial charge in [-0.1, -0.05) is 6.07 Å². The van der Waals surface area contributed by atoms with Crippen LogP contribution in [0.5, 0.6) is 5.75 Å². The van der Waals surface area contributed by atoms with E-state index >= 15 is 0 Å². The Hall–Kier alpha value is -2.59. The van der Waals surface area contributed by atoms with Gasteiger partial charge in [0.1, 0.15) is 5.75 Å². The number of hydrogen-bond acceptors (Lipinski definition) is 6. The van der Waals surface area contributed by atoms with Gasteiger partial charge in [-0.05, 0) is 42.5 Å². The summed E-state index contributed by atoms with van der Waals surface area (Å²) in [5.41, 5.74) is 0.689. The maximum Gasteiger partial charge on any atom is 0.263 e. The molecule has 1 aromatic heterocycles. The van der Waals surface area contributed by atoms with Gasteiger partial charge in [-0.25, -0.2) is 8.42 Å². The van der Waals surface area contributed by atoms with Gasteiger partial charge in [-0.2, -0.15) is 0 Å². The molecule has 1 atom stereocenters. The third kappa shape index (κ3) is 5.48. The van der Waals surface area contributed by atoms with Crippen molar-refractivity contribution in [2.45, 2.75) is 12.8 Å². The number of ether oxygens (including phenoxy) is 1. The number of benzene rings is 1. The summed E-state index contributed by atoms with van der Waals surface area (Å²) in [6, 6.07) is 8.34. The quantitative estimate of drug-likeness (QED) is 0.723. The summed E-state index contributed by atoms with van der Waals surface area (Å²) in [6.07, 6.45) is 2.47. The molecule has 1 aromatic carbocycles. The van der Waals surface area contributed by atoms with Crippen LogP contribution in [0.4, 0.5) is 11.4 Å². The number of rotatable bonds is 6. The molecule has 1 fully saturated rings. The fourth-order valence-corrected chi connectivity index (χ4v) is 4.49. The SMILES string of the molecule is COc1ccc(NC(=O)C2CCCN(C(=O)c3cccs3)C2)cc1NS(C)(=O)=O. The molecule has 1 aliphatic heterocycles. The molecule has 29 heavy (non-hydrogen) atoms. The molecule has 2 aromatic rings. The zero-order valence-corrected chi connectivity index (χ0v) is 17.8. The third-order valence-corrected chi connectivity index (χ3v) is 6.02. The Kier molecular flexibility index (Phi) is 6.43. The molecule has 2 heterocycles. The second-order valence-corrected chi connectivity index (χ2v) is 9.54. The highest BCUT2D eigenvalue weighted by molar-refractivity contribution is 7.92. The Morgan fingerprint density at radius 2 is 2.07 bits per heavy atom. The molecule has 3 rings (SSSR count). The van der Waals surface area contributed by atoms with Gasteiger partial charge in [0.2, 0.25) is 15.9 Å². The van der Waals surface area contributed by atoms with Crippen molar-refractivity contribution in [1.82, 2.24) is 4.90 Å². The number of amides is 2. The maximum absolute atomic E-state index is 12.8. The fourth-order valence-electron chi connectivity index (χ4n) is 3.24. The Bertz CT molecular complexity index is 989. The van der Waals surface area contributed by atoms with E-state index in [1.807, 2.05) is 11.4 Å². The van der Waals surface area contributed by atoms with Crippen LogP contribution in [0.1, 0.15) is 22.5 Å². The lowest BCUT2D eigenvalue weighted by Gasteiger charge is -2.31. The summed E-state index contributed by atoms with van der Waals surface area (Å²) in [5, 5.41) is 4.67. The van der Waals surface area contributed by atoms with Gasteiger partial charge in [-0.15, -0.1) is 11.3 Å². The number of hydrogen-bond donors (Lipinski definition) is 2. The number of carbonyl (C=O) groups is 2. The molecule has 10 heteroatoms. The average Bonchev–Trinajstić information content (AvgIpc) is 3.21. The maximum atomic E-state index is 12.8. The van der Waals surface area contributed by atoms with E-state index in [9.17, 15) is 18.0 Å². The highest BCUT2D eigenvalue weighted by Crippen LogP contribution is 2.29. The van der Waals surface area contributed by atoms with E-state index in [1.165, 1.54) is 24.5 Å². The van der Waals surface area contributed by atoms with E-state index in [1.54, 1.807) is 23.1 Å². The molecule has 1 unspecified atom stereocenters. The molecular weight excluding hydrogens is 414 g/mol. The van der Waals surface area contributed by atoms with Gasteiger partial charge in [0.05, 0.1) is 29.8 Å². The minimum atomic E-state index is -3.50. The smallest absolute Gasteiger partial charge is 0.263 e. The molecule has 8 nitrogen and oxygen atoms in total. The standard InChI is InChI=1S/C19H23N3O5S2/c1-27-16-8-7-14(11-15(16)21-29(2,25)26)20-18(23)13-5-3-9-22(12-13)19(24)17-6-4-10-28-17/h4,6-8,10-11,13,21H,3,5,9,12H2,1-2H3,(H,20,23). The highest BCUT2D eigenvalue weighted by atomic mass is 32.2. The van der Waals surface area contributed by atoms with Gasteiger partial charge in [0, 0.05) is 18.8 Å². The first kappa shape index (κ1) is 21.1. The Morgan fingerprint density at radius 3 is 2.72 bits per heavy atom. The van der Waals surface area contributed by atoms with Gasteiger partial charge >= 0.3 is 0 Å².